The van der Waals surface area contributed by atoms with Crippen molar-refractivity contribution in [3.63, 3.8) is 0 Å². The van der Waals surface area contributed by atoms with Crippen LogP contribution in [0.2, 0.25) is 0 Å². The predicted octanol–water partition coefficient (Wildman–Crippen LogP) is 1.96. The summed E-state index contributed by atoms with van der Waals surface area (Å²) in [6.07, 6.45) is 1.40. The minimum atomic E-state index is -0.349. The number of hydrogen-bond acceptors (Lipinski definition) is 4. The summed E-state index contributed by atoms with van der Waals surface area (Å²) in [5.74, 6) is 0. The van der Waals surface area contributed by atoms with Crippen LogP contribution in [0.15, 0.2) is 23.4 Å². The van der Waals surface area contributed by atoms with E-state index >= 15 is 0 Å². The average Bonchev–Trinajstić information content (AvgIpc) is 2.18. The molecule has 0 spiro atoms. The summed E-state index contributed by atoms with van der Waals surface area (Å²) in [5.41, 5.74) is 6.89. The Kier molecular flexibility index (Phi) is 4.57. The monoisotopic (exact) mass is 226 g/mol. The Hall–Kier alpha value is -0.580. The first-order valence-electron chi connectivity index (χ1n) is 5.07. The Bertz CT molecular complexity index is 315. The highest BCUT2D eigenvalue weighted by Gasteiger charge is 2.15. The lowest BCUT2D eigenvalue weighted by Crippen LogP contribution is -2.16. The Labute approximate surface area is 95.1 Å². The smallest absolute Gasteiger partial charge is 0.101 e. The molecule has 0 saturated carbocycles. The number of aliphatic hydroxyl groups excluding tert-OH is 1. The van der Waals surface area contributed by atoms with E-state index in [9.17, 15) is 5.11 Å². The number of rotatable bonds is 4. The summed E-state index contributed by atoms with van der Waals surface area (Å²) < 4.78 is 0. The minimum Gasteiger partial charge on any atom is -0.392 e. The third-order valence-corrected chi connectivity index (χ3v) is 3.60. The normalized spacial score (nSPS) is 17.1. The standard InChI is InChI=1S/C11H18N2OS/c1-7(12)10-5-4-6-13-11(10)15-9(3)8(2)14/h4-9,14H,12H2,1-3H3/t7-,8?,9?/m0/s1. The van der Waals surface area contributed by atoms with Gasteiger partial charge in [-0.25, -0.2) is 4.98 Å². The van der Waals surface area contributed by atoms with Crippen molar-refractivity contribution in [1.29, 1.82) is 0 Å². The number of aromatic nitrogens is 1. The van der Waals surface area contributed by atoms with Gasteiger partial charge >= 0.3 is 0 Å². The van der Waals surface area contributed by atoms with Crippen molar-refractivity contribution in [2.75, 3.05) is 0 Å². The highest BCUT2D eigenvalue weighted by atomic mass is 32.2. The molecule has 4 heteroatoms. The van der Waals surface area contributed by atoms with E-state index in [2.05, 4.69) is 4.98 Å². The van der Waals surface area contributed by atoms with E-state index in [4.69, 9.17) is 5.73 Å². The predicted molar refractivity (Wildman–Crippen MR) is 63.8 cm³/mol. The zero-order valence-electron chi connectivity index (χ0n) is 9.34. The lowest BCUT2D eigenvalue weighted by molar-refractivity contribution is 0.196. The molecule has 0 aliphatic rings. The van der Waals surface area contributed by atoms with E-state index in [1.165, 1.54) is 0 Å². The van der Waals surface area contributed by atoms with Crippen LogP contribution in [0.1, 0.15) is 32.4 Å². The maximum Gasteiger partial charge on any atom is 0.101 e. The third kappa shape index (κ3) is 3.48. The number of pyridine rings is 1. The Morgan fingerprint density at radius 2 is 2.07 bits per heavy atom. The van der Waals surface area contributed by atoms with Crippen LogP contribution in [0.3, 0.4) is 0 Å². The fourth-order valence-corrected chi connectivity index (χ4v) is 2.18. The van der Waals surface area contributed by atoms with E-state index < -0.39 is 0 Å². The van der Waals surface area contributed by atoms with Gasteiger partial charge in [0.25, 0.3) is 0 Å². The summed E-state index contributed by atoms with van der Waals surface area (Å²) in [4.78, 5) is 4.29. The second-order valence-electron chi connectivity index (χ2n) is 3.75. The Balaban J connectivity index is 2.84. The van der Waals surface area contributed by atoms with Gasteiger partial charge in [-0.3, -0.25) is 0 Å². The second-order valence-corrected chi connectivity index (χ2v) is 5.12. The molecule has 3 atom stereocenters. The number of aliphatic hydroxyl groups is 1. The van der Waals surface area contributed by atoms with Crippen LogP contribution < -0.4 is 5.73 Å². The Morgan fingerprint density at radius 1 is 1.40 bits per heavy atom. The molecule has 0 saturated heterocycles. The van der Waals surface area contributed by atoms with Crippen LogP contribution in [-0.4, -0.2) is 21.4 Å². The van der Waals surface area contributed by atoms with Gasteiger partial charge in [0.15, 0.2) is 0 Å². The summed E-state index contributed by atoms with van der Waals surface area (Å²) in [6, 6.07) is 3.84. The van der Waals surface area contributed by atoms with Crippen molar-refractivity contribution in [2.24, 2.45) is 5.73 Å². The van der Waals surface area contributed by atoms with Crippen molar-refractivity contribution in [3.8, 4) is 0 Å². The van der Waals surface area contributed by atoms with E-state index in [-0.39, 0.29) is 17.4 Å². The molecule has 2 unspecified atom stereocenters. The molecule has 0 aromatic carbocycles. The van der Waals surface area contributed by atoms with Gasteiger partial charge in [0, 0.05) is 23.1 Å². The van der Waals surface area contributed by atoms with E-state index in [1.54, 1.807) is 24.9 Å². The van der Waals surface area contributed by atoms with Crippen LogP contribution >= 0.6 is 11.8 Å². The van der Waals surface area contributed by atoms with Crippen molar-refractivity contribution in [1.82, 2.24) is 4.98 Å². The molecule has 3 N–H and O–H groups in total. The van der Waals surface area contributed by atoms with Gasteiger partial charge in [-0.15, -0.1) is 11.8 Å². The third-order valence-electron chi connectivity index (χ3n) is 2.27. The van der Waals surface area contributed by atoms with Gasteiger partial charge in [0.1, 0.15) is 5.03 Å². The molecule has 84 valence electrons. The first-order chi connectivity index (χ1) is 7.02. The Morgan fingerprint density at radius 3 is 2.60 bits per heavy atom. The van der Waals surface area contributed by atoms with Crippen LogP contribution in [0.4, 0.5) is 0 Å². The molecule has 15 heavy (non-hydrogen) atoms. The van der Waals surface area contributed by atoms with E-state index in [1.807, 2.05) is 26.0 Å². The second kappa shape index (κ2) is 5.49. The summed E-state index contributed by atoms with van der Waals surface area (Å²) >= 11 is 1.57. The van der Waals surface area contributed by atoms with Crippen molar-refractivity contribution in [2.45, 2.75) is 43.2 Å². The first kappa shape index (κ1) is 12.5. The van der Waals surface area contributed by atoms with Crippen molar-refractivity contribution >= 4 is 11.8 Å². The SMILES string of the molecule is CC(O)C(C)Sc1ncccc1[C@H](C)N. The quantitative estimate of drug-likeness (QED) is 0.771. The lowest BCUT2D eigenvalue weighted by atomic mass is 10.2. The van der Waals surface area contributed by atoms with E-state index in [0.717, 1.165) is 10.6 Å². The molecular weight excluding hydrogens is 208 g/mol. The van der Waals surface area contributed by atoms with Gasteiger partial charge in [-0.05, 0) is 19.9 Å². The molecule has 3 nitrogen and oxygen atoms in total. The largest absolute Gasteiger partial charge is 0.392 e. The molecular formula is C11H18N2OS. The number of nitrogens with zero attached hydrogens (tertiary/aromatic N) is 1. The first-order valence-corrected chi connectivity index (χ1v) is 5.95. The maximum absolute atomic E-state index is 9.43. The highest BCUT2D eigenvalue weighted by Crippen LogP contribution is 2.28. The summed E-state index contributed by atoms with van der Waals surface area (Å²) in [6.45, 7) is 5.70. The molecule has 1 aromatic rings. The van der Waals surface area contributed by atoms with Crippen LogP contribution in [0, 0.1) is 0 Å². The number of nitrogens with two attached hydrogens (primary N) is 1. The fourth-order valence-electron chi connectivity index (χ4n) is 1.12. The number of thioether (sulfide) groups is 1. The average molecular weight is 226 g/mol. The molecule has 0 bridgehead atoms. The molecule has 0 aliphatic heterocycles. The highest BCUT2D eigenvalue weighted by molar-refractivity contribution is 7.99. The topological polar surface area (TPSA) is 59.1 Å². The van der Waals surface area contributed by atoms with Gasteiger partial charge in [0.2, 0.25) is 0 Å². The van der Waals surface area contributed by atoms with Gasteiger partial charge in [-0.2, -0.15) is 0 Å². The van der Waals surface area contributed by atoms with E-state index in [0.29, 0.717) is 0 Å². The number of hydrogen-bond donors (Lipinski definition) is 2. The summed E-state index contributed by atoms with van der Waals surface area (Å²) in [7, 11) is 0. The fraction of sp³-hybridized carbons (Fsp3) is 0.545. The van der Waals surface area contributed by atoms with Crippen LogP contribution in [0.25, 0.3) is 0 Å². The van der Waals surface area contributed by atoms with Gasteiger partial charge in [-0.1, -0.05) is 13.0 Å². The van der Waals surface area contributed by atoms with Crippen molar-refractivity contribution < 1.29 is 5.11 Å². The minimum absolute atomic E-state index is 0.0256. The van der Waals surface area contributed by atoms with Crippen LogP contribution in [0.5, 0.6) is 0 Å². The van der Waals surface area contributed by atoms with Crippen LogP contribution in [-0.2, 0) is 0 Å². The zero-order chi connectivity index (χ0) is 11.4. The molecule has 0 fully saturated rings. The molecule has 1 aromatic heterocycles. The molecule has 0 amide bonds. The molecule has 1 heterocycles. The molecule has 1 rings (SSSR count). The lowest BCUT2D eigenvalue weighted by Gasteiger charge is -2.16. The molecule has 0 aliphatic carbocycles. The zero-order valence-corrected chi connectivity index (χ0v) is 10.2. The van der Waals surface area contributed by atoms with Gasteiger partial charge < -0.3 is 10.8 Å². The molecule has 0 radical (unpaired) electrons. The van der Waals surface area contributed by atoms with Crippen molar-refractivity contribution in [3.05, 3.63) is 23.9 Å². The van der Waals surface area contributed by atoms with Gasteiger partial charge in [0.05, 0.1) is 6.10 Å². The maximum atomic E-state index is 9.43. The summed E-state index contributed by atoms with van der Waals surface area (Å²) in [5, 5.41) is 10.5.